The topological polar surface area (TPSA) is 54.3 Å². The van der Waals surface area contributed by atoms with Gasteiger partial charge in [0.25, 0.3) is 0 Å². The van der Waals surface area contributed by atoms with Crippen molar-refractivity contribution in [3.05, 3.63) is 23.1 Å². The van der Waals surface area contributed by atoms with Gasteiger partial charge in [-0.1, -0.05) is 0 Å². The second-order valence-corrected chi connectivity index (χ2v) is 5.30. The van der Waals surface area contributed by atoms with E-state index < -0.39 is 0 Å². The average molecular weight is 259 g/mol. The molecule has 0 radical (unpaired) electrons. The minimum absolute atomic E-state index is 0.0440. The van der Waals surface area contributed by atoms with Gasteiger partial charge in [0.2, 0.25) is 5.91 Å². The van der Waals surface area contributed by atoms with Crippen LogP contribution in [0, 0.1) is 0 Å². The van der Waals surface area contributed by atoms with Gasteiger partial charge in [0, 0.05) is 18.5 Å². The van der Waals surface area contributed by atoms with E-state index in [9.17, 15) is 4.79 Å². The SMILES string of the molecule is CC(C)(C)NC(=O)CCNCc1ccc(Cl)o1. The van der Waals surface area contributed by atoms with Gasteiger partial charge in [0.15, 0.2) is 5.22 Å². The molecule has 0 spiro atoms. The van der Waals surface area contributed by atoms with E-state index in [-0.39, 0.29) is 11.4 Å². The zero-order valence-electron chi connectivity index (χ0n) is 10.5. The first kappa shape index (κ1) is 14.1. The Kier molecular flexibility index (Phi) is 5.02. The Bertz CT molecular complexity index is 369. The summed E-state index contributed by atoms with van der Waals surface area (Å²) in [4.78, 5) is 11.5. The van der Waals surface area contributed by atoms with Crippen LogP contribution in [-0.2, 0) is 11.3 Å². The zero-order chi connectivity index (χ0) is 12.9. The van der Waals surface area contributed by atoms with Gasteiger partial charge in [-0.15, -0.1) is 0 Å². The van der Waals surface area contributed by atoms with Gasteiger partial charge in [0.1, 0.15) is 5.76 Å². The molecule has 17 heavy (non-hydrogen) atoms. The fourth-order valence-electron chi connectivity index (χ4n) is 1.34. The van der Waals surface area contributed by atoms with Gasteiger partial charge in [-0.3, -0.25) is 4.79 Å². The number of hydrogen-bond donors (Lipinski definition) is 2. The van der Waals surface area contributed by atoms with Crippen molar-refractivity contribution >= 4 is 17.5 Å². The molecule has 0 aliphatic rings. The molecule has 0 unspecified atom stereocenters. The first-order chi connectivity index (χ1) is 7.87. The van der Waals surface area contributed by atoms with Crippen LogP contribution in [0.25, 0.3) is 0 Å². The van der Waals surface area contributed by atoms with Crippen molar-refractivity contribution in [2.24, 2.45) is 0 Å². The molecule has 4 nitrogen and oxygen atoms in total. The number of hydrogen-bond acceptors (Lipinski definition) is 3. The molecule has 1 aromatic rings. The van der Waals surface area contributed by atoms with Crippen LogP contribution >= 0.6 is 11.6 Å². The van der Waals surface area contributed by atoms with E-state index in [0.29, 0.717) is 24.7 Å². The highest BCUT2D eigenvalue weighted by Crippen LogP contribution is 2.12. The predicted molar refractivity (Wildman–Crippen MR) is 67.9 cm³/mol. The van der Waals surface area contributed by atoms with Crippen molar-refractivity contribution in [1.82, 2.24) is 10.6 Å². The lowest BCUT2D eigenvalue weighted by Gasteiger charge is -2.20. The summed E-state index contributed by atoms with van der Waals surface area (Å²) in [5.74, 6) is 0.814. The second kappa shape index (κ2) is 6.07. The quantitative estimate of drug-likeness (QED) is 0.797. The third-order valence-electron chi connectivity index (χ3n) is 1.97. The molecule has 0 atom stereocenters. The second-order valence-electron chi connectivity index (χ2n) is 4.93. The van der Waals surface area contributed by atoms with Crippen molar-refractivity contribution in [3.63, 3.8) is 0 Å². The van der Waals surface area contributed by atoms with Crippen molar-refractivity contribution in [3.8, 4) is 0 Å². The number of rotatable bonds is 5. The molecule has 1 amide bonds. The van der Waals surface area contributed by atoms with E-state index in [4.69, 9.17) is 16.0 Å². The van der Waals surface area contributed by atoms with Gasteiger partial charge in [-0.2, -0.15) is 0 Å². The zero-order valence-corrected chi connectivity index (χ0v) is 11.2. The van der Waals surface area contributed by atoms with Crippen LogP contribution in [0.2, 0.25) is 5.22 Å². The summed E-state index contributed by atoms with van der Waals surface area (Å²) in [5, 5.41) is 6.40. The minimum Gasteiger partial charge on any atom is -0.448 e. The lowest BCUT2D eigenvalue weighted by Crippen LogP contribution is -2.41. The van der Waals surface area contributed by atoms with E-state index >= 15 is 0 Å². The number of carbonyl (C=O) groups excluding carboxylic acids is 1. The van der Waals surface area contributed by atoms with Crippen LogP contribution in [0.15, 0.2) is 16.5 Å². The van der Waals surface area contributed by atoms with Crippen LogP contribution < -0.4 is 10.6 Å². The lowest BCUT2D eigenvalue weighted by atomic mass is 10.1. The highest BCUT2D eigenvalue weighted by molar-refractivity contribution is 6.28. The predicted octanol–water partition coefficient (Wildman–Crippen LogP) is 2.33. The molecule has 1 rings (SSSR count). The van der Waals surface area contributed by atoms with Crippen LogP contribution in [0.3, 0.4) is 0 Å². The molecule has 0 saturated heterocycles. The summed E-state index contributed by atoms with van der Waals surface area (Å²) in [6, 6.07) is 3.51. The molecule has 0 fully saturated rings. The molecule has 0 aliphatic heterocycles. The number of nitrogens with one attached hydrogen (secondary N) is 2. The maximum absolute atomic E-state index is 11.5. The molecule has 0 aromatic carbocycles. The van der Waals surface area contributed by atoms with Gasteiger partial charge in [-0.05, 0) is 44.5 Å². The maximum atomic E-state index is 11.5. The molecule has 1 aromatic heterocycles. The summed E-state index contributed by atoms with van der Waals surface area (Å²) in [5.41, 5.74) is -0.175. The molecular weight excluding hydrogens is 240 g/mol. The summed E-state index contributed by atoms with van der Waals surface area (Å²) in [6.07, 6.45) is 0.450. The largest absolute Gasteiger partial charge is 0.448 e. The van der Waals surface area contributed by atoms with Gasteiger partial charge < -0.3 is 15.1 Å². The van der Waals surface area contributed by atoms with Gasteiger partial charge in [-0.25, -0.2) is 0 Å². The first-order valence-electron chi connectivity index (χ1n) is 5.63. The van der Waals surface area contributed by atoms with Crippen LogP contribution in [0.4, 0.5) is 0 Å². The Morgan fingerprint density at radius 3 is 2.65 bits per heavy atom. The fourth-order valence-corrected chi connectivity index (χ4v) is 1.50. The lowest BCUT2D eigenvalue weighted by molar-refractivity contribution is -0.122. The van der Waals surface area contributed by atoms with Crippen LogP contribution in [0.5, 0.6) is 0 Å². The van der Waals surface area contributed by atoms with E-state index in [1.54, 1.807) is 6.07 Å². The first-order valence-corrected chi connectivity index (χ1v) is 6.00. The highest BCUT2D eigenvalue weighted by Gasteiger charge is 2.12. The summed E-state index contributed by atoms with van der Waals surface area (Å²) < 4.78 is 5.17. The molecule has 0 saturated carbocycles. The summed E-state index contributed by atoms with van der Waals surface area (Å²) in [6.45, 7) is 7.07. The van der Waals surface area contributed by atoms with Crippen LogP contribution in [0.1, 0.15) is 33.0 Å². The van der Waals surface area contributed by atoms with Crippen LogP contribution in [-0.4, -0.2) is 18.0 Å². The van der Waals surface area contributed by atoms with Crippen molar-refractivity contribution in [1.29, 1.82) is 0 Å². The number of halogens is 1. The molecule has 96 valence electrons. The highest BCUT2D eigenvalue weighted by atomic mass is 35.5. The molecular formula is C12H19ClN2O2. The maximum Gasteiger partial charge on any atom is 0.221 e. The fraction of sp³-hybridized carbons (Fsp3) is 0.583. The van der Waals surface area contributed by atoms with E-state index in [1.165, 1.54) is 0 Å². The third-order valence-corrected chi connectivity index (χ3v) is 2.17. The Morgan fingerprint density at radius 1 is 1.41 bits per heavy atom. The summed E-state index contributed by atoms with van der Waals surface area (Å²) in [7, 11) is 0. The van der Waals surface area contributed by atoms with Crippen molar-refractivity contribution < 1.29 is 9.21 Å². The Balaban J connectivity index is 2.14. The molecule has 0 bridgehead atoms. The van der Waals surface area contributed by atoms with Gasteiger partial charge >= 0.3 is 0 Å². The van der Waals surface area contributed by atoms with Crippen molar-refractivity contribution in [2.45, 2.75) is 39.3 Å². The Morgan fingerprint density at radius 2 is 2.12 bits per heavy atom. The number of amides is 1. The molecule has 0 aliphatic carbocycles. The smallest absolute Gasteiger partial charge is 0.221 e. The summed E-state index contributed by atoms with van der Waals surface area (Å²) >= 11 is 5.64. The molecule has 5 heteroatoms. The van der Waals surface area contributed by atoms with E-state index in [1.807, 2.05) is 26.8 Å². The standard InChI is InChI=1S/C12H19ClN2O2/c1-12(2,3)15-11(16)6-7-14-8-9-4-5-10(13)17-9/h4-5,14H,6-8H2,1-3H3,(H,15,16). The van der Waals surface area contributed by atoms with Crippen molar-refractivity contribution in [2.75, 3.05) is 6.54 Å². The average Bonchev–Trinajstić information content (AvgIpc) is 2.56. The van der Waals surface area contributed by atoms with E-state index in [0.717, 1.165) is 5.76 Å². The molecule has 1 heterocycles. The monoisotopic (exact) mass is 258 g/mol. The Labute approximate surface area is 107 Å². The van der Waals surface area contributed by atoms with E-state index in [2.05, 4.69) is 10.6 Å². The number of carbonyl (C=O) groups is 1. The number of furan rings is 1. The normalized spacial score (nSPS) is 11.5. The third kappa shape index (κ3) is 6.34. The van der Waals surface area contributed by atoms with Gasteiger partial charge in [0.05, 0.1) is 6.54 Å². The Hall–Kier alpha value is -1.00. The minimum atomic E-state index is -0.175. The molecule has 2 N–H and O–H groups in total.